The van der Waals surface area contributed by atoms with Gasteiger partial charge in [0.1, 0.15) is 5.75 Å². The Morgan fingerprint density at radius 1 is 1.07 bits per heavy atom. The number of rotatable bonds is 6. The zero-order chi connectivity index (χ0) is 20.4. The topological polar surface area (TPSA) is 66.9 Å². The Kier molecular flexibility index (Phi) is 6.67. The van der Waals surface area contributed by atoms with Crippen LogP contribution in [0.15, 0.2) is 51.8 Å². The lowest BCUT2D eigenvalue weighted by Gasteiger charge is -2.26. The molecule has 0 spiro atoms. The Morgan fingerprint density at radius 2 is 1.67 bits per heavy atom. The third-order valence-electron chi connectivity index (χ3n) is 4.44. The van der Waals surface area contributed by atoms with Crippen LogP contribution in [0.25, 0.3) is 0 Å². The second-order valence-electron chi connectivity index (χ2n) is 6.30. The molecule has 0 aromatic heterocycles. The predicted octanol–water partition coefficient (Wildman–Crippen LogP) is 3.54. The molecule has 0 aliphatic carbocycles. The lowest BCUT2D eigenvalue weighted by atomic mass is 10.1. The summed E-state index contributed by atoms with van der Waals surface area (Å²) >= 11 is 3.26. The van der Waals surface area contributed by atoms with E-state index in [1.165, 1.54) is 20.2 Å². The highest BCUT2D eigenvalue weighted by Crippen LogP contribution is 2.28. The highest BCUT2D eigenvalue weighted by Gasteiger charge is 2.24. The third kappa shape index (κ3) is 4.51. The summed E-state index contributed by atoms with van der Waals surface area (Å²) < 4.78 is 31.6. The van der Waals surface area contributed by atoms with Crippen molar-refractivity contribution in [2.45, 2.75) is 17.9 Å². The molecule has 8 heteroatoms. The van der Waals surface area contributed by atoms with Gasteiger partial charge in [-0.1, -0.05) is 12.1 Å². The van der Waals surface area contributed by atoms with Crippen molar-refractivity contribution in [3.05, 3.63) is 58.1 Å². The van der Waals surface area contributed by atoms with E-state index in [2.05, 4.69) is 15.9 Å². The molecular weight excluding hydrogens is 432 g/mol. The molecule has 0 aliphatic rings. The minimum absolute atomic E-state index is 0.0591. The number of amides is 1. The monoisotopic (exact) mass is 454 g/mol. The molecule has 0 N–H and O–H groups in total. The number of hydrogen-bond donors (Lipinski definition) is 0. The van der Waals surface area contributed by atoms with Crippen molar-refractivity contribution in [1.82, 2.24) is 9.21 Å². The first kappa shape index (κ1) is 21.4. The highest BCUT2D eigenvalue weighted by atomic mass is 79.9. The zero-order valence-electron chi connectivity index (χ0n) is 15.9. The average Bonchev–Trinajstić information content (AvgIpc) is 2.66. The van der Waals surface area contributed by atoms with Crippen molar-refractivity contribution in [1.29, 1.82) is 0 Å². The van der Waals surface area contributed by atoms with Crippen LogP contribution in [0.5, 0.6) is 5.75 Å². The Balaban J connectivity index is 2.33. The summed E-state index contributed by atoms with van der Waals surface area (Å²) in [5, 5.41) is 0. The Hall–Kier alpha value is -1.90. The van der Waals surface area contributed by atoms with Gasteiger partial charge in [-0.2, -0.15) is 0 Å². The minimum atomic E-state index is -3.67. The van der Waals surface area contributed by atoms with E-state index in [9.17, 15) is 13.2 Å². The molecule has 0 saturated heterocycles. The van der Waals surface area contributed by atoms with E-state index in [-0.39, 0.29) is 16.8 Å². The number of methoxy groups -OCH3 is 1. The van der Waals surface area contributed by atoms with Crippen molar-refractivity contribution in [3.8, 4) is 5.75 Å². The molecule has 0 bridgehead atoms. The van der Waals surface area contributed by atoms with Crippen LogP contribution in [0.1, 0.15) is 28.9 Å². The Labute approximate surface area is 168 Å². The first-order valence-corrected chi connectivity index (χ1v) is 10.5. The summed E-state index contributed by atoms with van der Waals surface area (Å²) in [6, 6.07) is 11.9. The van der Waals surface area contributed by atoms with Gasteiger partial charge in [0.25, 0.3) is 5.91 Å². The molecule has 0 saturated carbocycles. The van der Waals surface area contributed by atoms with Gasteiger partial charge >= 0.3 is 0 Å². The van der Waals surface area contributed by atoms with Gasteiger partial charge in [-0.15, -0.1) is 0 Å². The molecule has 0 radical (unpaired) electrons. The first-order valence-electron chi connectivity index (χ1n) is 8.22. The number of carbonyl (C=O) groups is 1. The molecule has 1 unspecified atom stereocenters. The Morgan fingerprint density at radius 3 is 2.19 bits per heavy atom. The van der Waals surface area contributed by atoms with Crippen molar-refractivity contribution >= 4 is 31.9 Å². The third-order valence-corrected chi connectivity index (χ3v) is 7.25. The van der Waals surface area contributed by atoms with Gasteiger partial charge in [-0.05, 0) is 58.7 Å². The van der Waals surface area contributed by atoms with Gasteiger partial charge < -0.3 is 9.64 Å². The lowest BCUT2D eigenvalue weighted by molar-refractivity contribution is 0.0742. The van der Waals surface area contributed by atoms with E-state index in [4.69, 9.17) is 4.74 Å². The molecule has 2 aromatic carbocycles. The molecule has 6 nitrogen and oxygen atoms in total. The van der Waals surface area contributed by atoms with E-state index in [0.717, 1.165) is 15.6 Å². The molecule has 27 heavy (non-hydrogen) atoms. The second kappa shape index (κ2) is 8.41. The van der Waals surface area contributed by atoms with Crippen molar-refractivity contribution < 1.29 is 17.9 Å². The molecule has 146 valence electrons. The van der Waals surface area contributed by atoms with Gasteiger partial charge in [0.2, 0.25) is 10.0 Å². The van der Waals surface area contributed by atoms with E-state index in [1.807, 2.05) is 31.2 Å². The van der Waals surface area contributed by atoms with Crippen LogP contribution in [0.3, 0.4) is 0 Å². The molecule has 1 atom stereocenters. The number of benzene rings is 2. The fraction of sp³-hybridized carbons (Fsp3) is 0.316. The van der Waals surface area contributed by atoms with Crippen LogP contribution in [-0.4, -0.2) is 51.8 Å². The van der Waals surface area contributed by atoms with E-state index in [0.29, 0.717) is 10.0 Å². The summed E-state index contributed by atoms with van der Waals surface area (Å²) in [7, 11) is 2.53. The van der Waals surface area contributed by atoms with E-state index >= 15 is 0 Å². The number of carbonyl (C=O) groups excluding carboxylic acids is 1. The number of sulfonamides is 1. The summed E-state index contributed by atoms with van der Waals surface area (Å²) in [4.78, 5) is 14.6. The predicted molar refractivity (Wildman–Crippen MR) is 109 cm³/mol. The van der Waals surface area contributed by atoms with Crippen LogP contribution < -0.4 is 4.74 Å². The van der Waals surface area contributed by atoms with Crippen molar-refractivity contribution in [2.75, 3.05) is 28.3 Å². The standard InChI is InChI=1S/C19H23BrN2O4S/c1-13(14-6-9-16(26-5)10-7-14)22(4)19(23)15-8-11-17(20)18(12-15)27(24,25)21(2)3/h6-13H,1-5H3. The van der Waals surface area contributed by atoms with Gasteiger partial charge in [0, 0.05) is 31.2 Å². The zero-order valence-corrected chi connectivity index (χ0v) is 18.3. The largest absolute Gasteiger partial charge is 0.497 e. The maximum Gasteiger partial charge on any atom is 0.254 e. The highest BCUT2D eigenvalue weighted by molar-refractivity contribution is 9.10. The second-order valence-corrected chi connectivity index (χ2v) is 9.27. The van der Waals surface area contributed by atoms with Gasteiger partial charge in [0.15, 0.2) is 0 Å². The molecule has 2 rings (SSSR count). The molecule has 1 amide bonds. The van der Waals surface area contributed by atoms with E-state index < -0.39 is 10.0 Å². The van der Waals surface area contributed by atoms with Crippen LogP contribution in [0, 0.1) is 0 Å². The summed E-state index contributed by atoms with van der Waals surface area (Å²) in [6.07, 6.45) is 0. The quantitative estimate of drug-likeness (QED) is 0.669. The van der Waals surface area contributed by atoms with Gasteiger partial charge in [-0.25, -0.2) is 12.7 Å². The van der Waals surface area contributed by atoms with Crippen LogP contribution >= 0.6 is 15.9 Å². The van der Waals surface area contributed by atoms with Crippen LogP contribution in [0.2, 0.25) is 0 Å². The molecule has 0 heterocycles. The Bertz CT molecular complexity index is 927. The fourth-order valence-electron chi connectivity index (χ4n) is 2.52. The molecule has 0 fully saturated rings. The molecule has 0 aliphatic heterocycles. The summed E-state index contributed by atoms with van der Waals surface area (Å²) in [5.41, 5.74) is 1.26. The van der Waals surface area contributed by atoms with Crippen LogP contribution in [0.4, 0.5) is 0 Å². The van der Waals surface area contributed by atoms with Gasteiger partial charge in [0.05, 0.1) is 18.0 Å². The number of ether oxygens (including phenoxy) is 1. The fourth-order valence-corrected chi connectivity index (χ4v) is 4.36. The maximum absolute atomic E-state index is 12.9. The minimum Gasteiger partial charge on any atom is -0.497 e. The lowest BCUT2D eigenvalue weighted by Crippen LogP contribution is -2.30. The number of halogens is 1. The average molecular weight is 455 g/mol. The van der Waals surface area contributed by atoms with Gasteiger partial charge in [-0.3, -0.25) is 4.79 Å². The summed E-state index contributed by atoms with van der Waals surface area (Å²) in [6.45, 7) is 1.91. The SMILES string of the molecule is COc1ccc(C(C)N(C)C(=O)c2ccc(Br)c(S(=O)(=O)N(C)C)c2)cc1. The first-order chi connectivity index (χ1) is 12.6. The molecular formula is C19H23BrN2O4S. The number of nitrogens with zero attached hydrogens (tertiary/aromatic N) is 2. The van der Waals surface area contributed by atoms with Crippen LogP contribution in [-0.2, 0) is 10.0 Å². The number of hydrogen-bond acceptors (Lipinski definition) is 4. The van der Waals surface area contributed by atoms with Crippen molar-refractivity contribution in [2.24, 2.45) is 0 Å². The normalized spacial score (nSPS) is 12.7. The smallest absolute Gasteiger partial charge is 0.254 e. The maximum atomic E-state index is 12.9. The molecule has 2 aromatic rings. The van der Waals surface area contributed by atoms with Crippen molar-refractivity contribution in [3.63, 3.8) is 0 Å². The summed E-state index contributed by atoms with van der Waals surface area (Å²) in [5.74, 6) is 0.479. The van der Waals surface area contributed by atoms with E-state index in [1.54, 1.807) is 31.2 Å².